The number of hydrogen-bond acceptors (Lipinski definition) is 7. The first kappa shape index (κ1) is 36.4. The highest BCUT2D eigenvalue weighted by Crippen LogP contribution is 2.75. The monoisotopic (exact) mass is 713 g/mol. The fourth-order valence-electron chi connectivity index (χ4n) is 13.7. The zero-order chi connectivity index (χ0) is 36.8. The summed E-state index contributed by atoms with van der Waals surface area (Å²) in [5.41, 5.74) is 1.41. The second-order valence-electron chi connectivity index (χ2n) is 19.4. The number of fused-ring (bicyclic) bond motifs is 3. The topological polar surface area (TPSA) is 103 Å². The maximum absolute atomic E-state index is 13.6. The minimum Gasteiger partial charge on any atom is -0.481 e. The van der Waals surface area contributed by atoms with Gasteiger partial charge in [-0.15, -0.1) is 0 Å². The molecule has 2 saturated heterocycles. The van der Waals surface area contributed by atoms with Crippen LogP contribution in [0, 0.1) is 56.7 Å². The number of likely N-dealkylation sites (N-methyl/N-ethyl adjacent to an activating group) is 1. The number of aromatic nitrogens is 4. The van der Waals surface area contributed by atoms with Crippen molar-refractivity contribution < 1.29 is 19.4 Å². The minimum atomic E-state index is -0.610. The van der Waals surface area contributed by atoms with E-state index in [-0.39, 0.29) is 39.2 Å². The molecule has 6 aliphatic rings. The Morgan fingerprint density at radius 3 is 2.52 bits per heavy atom. The third-order valence-electron chi connectivity index (χ3n) is 17.1. The molecular formula is C43H63N5O4. The second-order valence-corrected chi connectivity index (χ2v) is 19.4. The van der Waals surface area contributed by atoms with E-state index in [4.69, 9.17) is 19.6 Å². The number of hydrogen-bond donors (Lipinski definition) is 1. The first-order valence-electron chi connectivity index (χ1n) is 20.3. The first-order chi connectivity index (χ1) is 24.7. The van der Waals surface area contributed by atoms with Crippen LogP contribution in [0.2, 0.25) is 0 Å². The Balaban J connectivity index is 1.23. The van der Waals surface area contributed by atoms with Crippen LogP contribution in [0.15, 0.2) is 42.5 Å². The Hall–Kier alpha value is -2.62. The SMILES string of the molecule is CC(C)[C@@H](C)[C@@]1(C)CC[C@]2(C)[C@H]3CC[C@H]4C5(C)COC[C@@]4(C[C@@H](n4ncnc4-c4ccncc4)[C@@H]5OC[C@@H]4CCCN4C)C3=CC[C@@]2(C)[C@@H]1C(=O)O. The molecule has 0 radical (unpaired) electrons. The van der Waals surface area contributed by atoms with Gasteiger partial charge in [0.15, 0.2) is 5.82 Å². The Kier molecular flexibility index (Phi) is 8.90. The van der Waals surface area contributed by atoms with Crippen molar-refractivity contribution in [3.05, 3.63) is 42.5 Å². The summed E-state index contributed by atoms with van der Waals surface area (Å²) in [7, 11) is 2.23. The number of rotatable bonds is 8. The summed E-state index contributed by atoms with van der Waals surface area (Å²) in [6.07, 6.45) is 16.1. The standard InChI is InChI=1S/C43H63N5O4/c1-27(2)28(3)39(4)17-18-41(6)31-11-12-34-40(5)24-51-25-43(34,32(31)13-16-42(41,7)35(39)38(49)50)22-33(36(40)52-23-30-10-9-21-47(30)8)48-37(45-26-46-48)29-14-19-44-20-15-29/h13-15,19-20,26-28,30-31,33-36H,9-12,16-18,21-25H2,1-8H3,(H,49,50)/t28-,30+,31+,33-,34+,35-,36+,39-,40?,41-,42+,43+/m1/s1. The number of pyridine rings is 1. The van der Waals surface area contributed by atoms with Crippen molar-refractivity contribution in [2.75, 3.05) is 33.4 Å². The molecule has 2 aliphatic heterocycles. The molecule has 1 unspecified atom stereocenters. The Bertz CT molecular complexity index is 1690. The summed E-state index contributed by atoms with van der Waals surface area (Å²) < 4.78 is 16.3. The van der Waals surface area contributed by atoms with E-state index in [9.17, 15) is 9.90 Å². The summed E-state index contributed by atoms with van der Waals surface area (Å²) in [4.78, 5) is 25.1. The number of nitrogens with zero attached hydrogens (tertiary/aromatic N) is 5. The van der Waals surface area contributed by atoms with E-state index in [0.717, 1.165) is 62.9 Å². The molecule has 1 N–H and O–H groups in total. The lowest BCUT2D eigenvalue weighted by Gasteiger charge is -2.71. The molecule has 5 fully saturated rings. The van der Waals surface area contributed by atoms with Gasteiger partial charge in [-0.2, -0.15) is 5.10 Å². The summed E-state index contributed by atoms with van der Waals surface area (Å²) in [5, 5.41) is 16.1. The van der Waals surface area contributed by atoms with Crippen LogP contribution in [0.25, 0.3) is 11.4 Å². The van der Waals surface area contributed by atoms with Crippen LogP contribution in [-0.4, -0.2) is 81.3 Å². The molecule has 0 spiro atoms. The molecule has 3 saturated carbocycles. The molecule has 4 heterocycles. The fourth-order valence-corrected chi connectivity index (χ4v) is 13.7. The van der Waals surface area contributed by atoms with Crippen molar-refractivity contribution >= 4 is 5.97 Å². The number of carboxylic acids is 1. The van der Waals surface area contributed by atoms with Gasteiger partial charge in [0.05, 0.1) is 37.9 Å². The van der Waals surface area contributed by atoms with Crippen LogP contribution in [-0.2, 0) is 14.3 Å². The summed E-state index contributed by atoms with van der Waals surface area (Å²) in [6.45, 7) is 19.6. The van der Waals surface area contributed by atoms with E-state index >= 15 is 0 Å². The molecular weight excluding hydrogens is 651 g/mol. The average Bonchev–Trinajstić information content (AvgIpc) is 3.77. The second kappa shape index (κ2) is 12.7. The molecule has 2 bridgehead atoms. The highest BCUT2D eigenvalue weighted by molar-refractivity contribution is 5.73. The van der Waals surface area contributed by atoms with Crippen LogP contribution in [0.3, 0.4) is 0 Å². The van der Waals surface area contributed by atoms with Gasteiger partial charge in [0.1, 0.15) is 6.33 Å². The van der Waals surface area contributed by atoms with Gasteiger partial charge in [-0.3, -0.25) is 9.78 Å². The van der Waals surface area contributed by atoms with Crippen molar-refractivity contribution in [2.45, 2.75) is 118 Å². The zero-order valence-electron chi connectivity index (χ0n) is 33.0. The van der Waals surface area contributed by atoms with E-state index in [1.54, 1.807) is 11.9 Å². The van der Waals surface area contributed by atoms with E-state index in [1.807, 2.05) is 24.5 Å². The average molecular weight is 714 g/mol. The van der Waals surface area contributed by atoms with Gasteiger partial charge in [-0.25, -0.2) is 9.67 Å². The quantitative estimate of drug-likeness (QED) is 0.275. The first-order valence-corrected chi connectivity index (χ1v) is 20.3. The molecule has 0 amide bonds. The predicted octanol–water partition coefficient (Wildman–Crippen LogP) is 7.95. The van der Waals surface area contributed by atoms with Gasteiger partial charge in [-0.1, -0.05) is 60.1 Å². The van der Waals surface area contributed by atoms with Crippen LogP contribution in [0.5, 0.6) is 0 Å². The summed E-state index contributed by atoms with van der Waals surface area (Å²) in [6, 6.07) is 4.44. The zero-order valence-corrected chi connectivity index (χ0v) is 33.0. The number of carboxylic acid groups (broad SMARTS) is 1. The molecule has 9 heteroatoms. The van der Waals surface area contributed by atoms with Crippen molar-refractivity contribution in [1.82, 2.24) is 24.6 Å². The largest absolute Gasteiger partial charge is 0.481 e. The smallest absolute Gasteiger partial charge is 0.307 e. The number of allylic oxidation sites excluding steroid dienone is 1. The number of ether oxygens (including phenoxy) is 2. The molecule has 0 aromatic carbocycles. The molecule has 8 rings (SSSR count). The lowest BCUT2D eigenvalue weighted by Crippen LogP contribution is -2.69. The summed E-state index contributed by atoms with van der Waals surface area (Å²) >= 11 is 0. The molecule has 9 nitrogen and oxygen atoms in total. The normalized spacial score (nSPS) is 43.7. The molecule has 52 heavy (non-hydrogen) atoms. The van der Waals surface area contributed by atoms with Crippen LogP contribution in [0.1, 0.15) is 106 Å². The Labute approximate surface area is 311 Å². The fraction of sp³-hybridized carbons (Fsp3) is 0.767. The number of likely N-dealkylation sites (tertiary alicyclic amines) is 1. The molecule has 2 aromatic rings. The van der Waals surface area contributed by atoms with Gasteiger partial charge in [0, 0.05) is 34.8 Å². The highest BCUT2D eigenvalue weighted by atomic mass is 16.5. The summed E-state index contributed by atoms with van der Waals surface area (Å²) in [5.74, 6) is 1.31. The van der Waals surface area contributed by atoms with Gasteiger partial charge >= 0.3 is 5.97 Å². The van der Waals surface area contributed by atoms with E-state index in [2.05, 4.69) is 76.2 Å². The van der Waals surface area contributed by atoms with Crippen LogP contribution >= 0.6 is 0 Å². The third-order valence-corrected chi connectivity index (χ3v) is 17.1. The highest BCUT2D eigenvalue weighted by Gasteiger charge is 2.72. The van der Waals surface area contributed by atoms with Gasteiger partial charge < -0.3 is 19.5 Å². The Morgan fingerprint density at radius 2 is 1.83 bits per heavy atom. The van der Waals surface area contributed by atoms with Crippen LogP contribution < -0.4 is 0 Å². The maximum Gasteiger partial charge on any atom is 0.307 e. The molecule has 284 valence electrons. The van der Waals surface area contributed by atoms with E-state index in [0.29, 0.717) is 49.5 Å². The molecule has 2 aromatic heterocycles. The van der Waals surface area contributed by atoms with Gasteiger partial charge in [-0.05, 0) is 117 Å². The van der Waals surface area contributed by atoms with E-state index in [1.165, 1.54) is 6.42 Å². The van der Waals surface area contributed by atoms with Crippen molar-refractivity contribution in [2.24, 2.45) is 56.7 Å². The number of carbonyl (C=O) groups is 1. The lowest BCUT2D eigenvalue weighted by molar-refractivity contribution is -0.251. The van der Waals surface area contributed by atoms with E-state index < -0.39 is 11.9 Å². The molecule has 4 aliphatic carbocycles. The van der Waals surface area contributed by atoms with Crippen molar-refractivity contribution in [1.29, 1.82) is 0 Å². The Morgan fingerprint density at radius 1 is 1.06 bits per heavy atom. The number of aliphatic carboxylic acids is 1. The third kappa shape index (κ3) is 5.03. The van der Waals surface area contributed by atoms with Crippen LogP contribution in [0.4, 0.5) is 0 Å². The maximum atomic E-state index is 13.6. The lowest BCUT2D eigenvalue weighted by atomic mass is 9.34. The van der Waals surface area contributed by atoms with Crippen molar-refractivity contribution in [3.8, 4) is 11.4 Å². The van der Waals surface area contributed by atoms with Gasteiger partial charge in [0.2, 0.25) is 0 Å². The molecule has 12 atom stereocenters. The predicted molar refractivity (Wildman–Crippen MR) is 201 cm³/mol. The van der Waals surface area contributed by atoms with Crippen molar-refractivity contribution in [3.63, 3.8) is 0 Å². The van der Waals surface area contributed by atoms with Gasteiger partial charge in [0.25, 0.3) is 0 Å². The minimum absolute atomic E-state index is 0.0309.